The van der Waals surface area contributed by atoms with Gasteiger partial charge in [-0.1, -0.05) is 12.1 Å². The average Bonchev–Trinajstić information content (AvgIpc) is 3.34. The molecule has 0 bridgehead atoms. The minimum absolute atomic E-state index is 0.0613. The summed E-state index contributed by atoms with van der Waals surface area (Å²) in [6.07, 6.45) is 4.25. The monoisotopic (exact) mass is 410 g/mol. The Kier molecular flexibility index (Phi) is 5.51. The van der Waals surface area contributed by atoms with Crippen molar-refractivity contribution in [2.45, 2.75) is 31.7 Å². The lowest BCUT2D eigenvalue weighted by molar-refractivity contribution is -0.122. The molecule has 2 N–H and O–H groups in total. The summed E-state index contributed by atoms with van der Waals surface area (Å²) in [6, 6.07) is 7.79. The summed E-state index contributed by atoms with van der Waals surface area (Å²) in [4.78, 5) is 35.4. The summed E-state index contributed by atoms with van der Waals surface area (Å²) in [7, 11) is 1.65. The molecule has 3 heterocycles. The maximum atomic E-state index is 12.9. The van der Waals surface area contributed by atoms with Crippen molar-refractivity contribution in [1.29, 1.82) is 0 Å². The van der Waals surface area contributed by atoms with E-state index in [-0.39, 0.29) is 12.4 Å². The number of methoxy groups -OCH3 is 1. The number of aromatic amines is 1. The van der Waals surface area contributed by atoms with Crippen LogP contribution in [-0.2, 0) is 17.8 Å². The first-order valence-corrected chi connectivity index (χ1v) is 9.67. The van der Waals surface area contributed by atoms with Crippen LogP contribution in [0.3, 0.4) is 0 Å². The van der Waals surface area contributed by atoms with E-state index in [1.165, 1.54) is 6.39 Å². The van der Waals surface area contributed by atoms with Gasteiger partial charge < -0.3 is 24.1 Å². The van der Waals surface area contributed by atoms with E-state index in [0.29, 0.717) is 24.7 Å². The van der Waals surface area contributed by atoms with Crippen molar-refractivity contribution in [1.82, 2.24) is 19.9 Å². The molecular formula is C21H22N4O5. The van der Waals surface area contributed by atoms with Crippen molar-refractivity contribution in [3.05, 3.63) is 53.5 Å². The van der Waals surface area contributed by atoms with E-state index < -0.39 is 0 Å². The number of rotatable bonds is 4. The Morgan fingerprint density at radius 1 is 1.40 bits per heavy atom. The van der Waals surface area contributed by atoms with E-state index in [1.807, 2.05) is 29.2 Å². The van der Waals surface area contributed by atoms with E-state index in [1.54, 1.807) is 7.11 Å². The second kappa shape index (κ2) is 8.40. The fraction of sp³-hybridized carbons (Fsp3) is 0.333. The number of hydrogen-bond donors (Lipinski definition) is 2. The third-order valence-electron chi connectivity index (χ3n) is 5.21. The highest BCUT2D eigenvalue weighted by Crippen LogP contribution is 2.41. The van der Waals surface area contributed by atoms with Crippen LogP contribution >= 0.6 is 0 Å². The third kappa shape index (κ3) is 3.91. The number of oxazole rings is 1. The first kappa shape index (κ1) is 19.7. The zero-order valence-electron chi connectivity index (χ0n) is 16.5. The maximum Gasteiger partial charge on any atom is 0.290 e. The van der Waals surface area contributed by atoms with Gasteiger partial charge in [0.1, 0.15) is 17.3 Å². The van der Waals surface area contributed by atoms with Gasteiger partial charge in [0.2, 0.25) is 0 Å². The lowest BCUT2D eigenvalue weighted by Crippen LogP contribution is -2.36. The van der Waals surface area contributed by atoms with E-state index in [9.17, 15) is 4.79 Å². The molecule has 1 aromatic carbocycles. The summed E-state index contributed by atoms with van der Waals surface area (Å²) >= 11 is 0. The van der Waals surface area contributed by atoms with E-state index in [4.69, 9.17) is 24.0 Å². The highest BCUT2D eigenvalue weighted by molar-refractivity contribution is 5.93. The second-order valence-electron chi connectivity index (χ2n) is 7.16. The summed E-state index contributed by atoms with van der Waals surface area (Å²) in [5.41, 5.74) is 3.42. The largest absolute Gasteiger partial charge is 0.497 e. The Bertz CT molecular complexity index is 1050. The van der Waals surface area contributed by atoms with E-state index in [0.717, 1.165) is 53.5 Å². The first-order valence-electron chi connectivity index (χ1n) is 9.67. The Hall–Kier alpha value is -3.62. The molecule has 1 amide bonds. The molecule has 2 aromatic heterocycles. The molecule has 0 spiro atoms. The number of benzene rings is 1. The number of H-pyrrole nitrogens is 1. The number of nitrogens with one attached hydrogen (secondary N) is 1. The number of ether oxygens (including phenoxy) is 1. The topological polar surface area (TPSA) is 122 Å². The van der Waals surface area contributed by atoms with Crippen LogP contribution in [0.5, 0.6) is 5.75 Å². The number of carboxylic acid groups (broad SMARTS) is 1. The number of aromatic nitrogens is 3. The fourth-order valence-corrected chi connectivity index (χ4v) is 3.57. The van der Waals surface area contributed by atoms with Crippen molar-refractivity contribution in [2.24, 2.45) is 0 Å². The molecule has 3 aromatic rings. The highest BCUT2D eigenvalue weighted by Gasteiger charge is 2.35. The number of nitrogens with zero attached hydrogens (tertiary/aromatic N) is 3. The Morgan fingerprint density at radius 2 is 2.20 bits per heavy atom. The Labute approximate surface area is 172 Å². The lowest BCUT2D eigenvalue weighted by atomic mass is 10.1. The van der Waals surface area contributed by atoms with Crippen LogP contribution in [0, 0.1) is 0 Å². The van der Waals surface area contributed by atoms with Gasteiger partial charge in [0.15, 0.2) is 12.1 Å². The van der Waals surface area contributed by atoms with Gasteiger partial charge in [0.25, 0.3) is 12.4 Å². The van der Waals surface area contributed by atoms with Crippen LogP contribution in [0.4, 0.5) is 0 Å². The van der Waals surface area contributed by atoms with Crippen LogP contribution < -0.4 is 4.74 Å². The smallest absolute Gasteiger partial charge is 0.290 e. The van der Waals surface area contributed by atoms with Gasteiger partial charge in [0.05, 0.1) is 25.0 Å². The van der Waals surface area contributed by atoms with Gasteiger partial charge in [-0.3, -0.25) is 9.59 Å². The van der Waals surface area contributed by atoms with Crippen molar-refractivity contribution in [3.63, 3.8) is 0 Å². The molecule has 9 heteroatoms. The highest BCUT2D eigenvalue weighted by atomic mass is 16.5. The quantitative estimate of drug-likeness (QED) is 0.634. The number of fused-ring (bicyclic) bond motifs is 1. The molecule has 0 unspecified atom stereocenters. The molecule has 1 saturated carbocycles. The van der Waals surface area contributed by atoms with Crippen molar-refractivity contribution < 1.29 is 23.8 Å². The molecule has 0 radical (unpaired) electrons. The van der Waals surface area contributed by atoms with Crippen LogP contribution in [0.2, 0.25) is 0 Å². The summed E-state index contributed by atoms with van der Waals surface area (Å²) < 4.78 is 10.8. The van der Waals surface area contributed by atoms with Crippen LogP contribution in [0.15, 0.2) is 35.1 Å². The SMILES string of the molecule is COc1cccc(-c2nc3c([nH]2)CN(C(=O)c2ncoc2C2CC2)CC3)c1.O=CO. The standard InChI is InChI=1S/C20H20N4O3.CH2O2/c1-26-14-4-2-3-13(9-14)19-22-15-7-8-24(10-16(15)23-19)20(25)17-18(12-5-6-12)27-11-21-17;2-1-3/h2-4,9,11-12H,5-8,10H2,1H3,(H,22,23);1H,(H,2,3). The van der Waals surface area contributed by atoms with Gasteiger partial charge in [-0.2, -0.15) is 0 Å². The molecular weight excluding hydrogens is 388 g/mol. The zero-order chi connectivity index (χ0) is 21.1. The molecule has 30 heavy (non-hydrogen) atoms. The van der Waals surface area contributed by atoms with Crippen LogP contribution in [0.1, 0.15) is 46.4 Å². The molecule has 5 rings (SSSR count). The Morgan fingerprint density at radius 3 is 2.93 bits per heavy atom. The molecule has 9 nitrogen and oxygen atoms in total. The minimum Gasteiger partial charge on any atom is -0.497 e. The van der Waals surface area contributed by atoms with Gasteiger partial charge in [-0.15, -0.1) is 0 Å². The van der Waals surface area contributed by atoms with Crippen LogP contribution in [0.25, 0.3) is 11.4 Å². The normalized spacial score (nSPS) is 15.0. The zero-order valence-corrected chi connectivity index (χ0v) is 16.5. The maximum absolute atomic E-state index is 12.9. The van der Waals surface area contributed by atoms with Gasteiger partial charge in [-0.05, 0) is 25.0 Å². The molecule has 0 saturated heterocycles. The molecule has 0 atom stereocenters. The van der Waals surface area contributed by atoms with Gasteiger partial charge in [0, 0.05) is 24.4 Å². The summed E-state index contributed by atoms with van der Waals surface area (Å²) in [5, 5.41) is 6.89. The molecule has 1 fully saturated rings. The summed E-state index contributed by atoms with van der Waals surface area (Å²) in [5.74, 6) is 2.63. The van der Waals surface area contributed by atoms with Crippen LogP contribution in [-0.4, -0.2) is 51.0 Å². The van der Waals surface area contributed by atoms with Crippen molar-refractivity contribution in [3.8, 4) is 17.1 Å². The number of hydrogen-bond acceptors (Lipinski definition) is 6. The van der Waals surface area contributed by atoms with Crippen molar-refractivity contribution >= 4 is 12.4 Å². The van der Waals surface area contributed by atoms with E-state index in [2.05, 4.69) is 9.97 Å². The predicted molar refractivity (Wildman–Crippen MR) is 106 cm³/mol. The lowest BCUT2D eigenvalue weighted by Gasteiger charge is -2.25. The Balaban J connectivity index is 0.000000687. The molecule has 156 valence electrons. The number of amides is 1. The first-order chi connectivity index (χ1) is 14.6. The predicted octanol–water partition coefficient (Wildman–Crippen LogP) is 2.85. The van der Waals surface area contributed by atoms with E-state index >= 15 is 0 Å². The molecule has 2 aliphatic rings. The minimum atomic E-state index is -0.250. The number of carbonyl (C=O) groups excluding carboxylic acids is 1. The van der Waals surface area contributed by atoms with Gasteiger partial charge >= 0.3 is 0 Å². The third-order valence-corrected chi connectivity index (χ3v) is 5.21. The molecule has 1 aliphatic carbocycles. The average molecular weight is 410 g/mol. The second-order valence-corrected chi connectivity index (χ2v) is 7.16. The number of carbonyl (C=O) groups is 2. The fourth-order valence-electron chi connectivity index (χ4n) is 3.57. The van der Waals surface area contributed by atoms with Gasteiger partial charge in [-0.25, -0.2) is 9.97 Å². The summed E-state index contributed by atoms with van der Waals surface area (Å²) in [6.45, 7) is 0.882. The van der Waals surface area contributed by atoms with Crippen molar-refractivity contribution in [2.75, 3.05) is 13.7 Å². The molecule has 1 aliphatic heterocycles. The number of imidazole rings is 1.